The molecule has 0 saturated carbocycles. The van der Waals surface area contributed by atoms with Gasteiger partial charge in [0.25, 0.3) is 5.91 Å². The minimum Gasteiger partial charge on any atom is -0.456 e. The monoisotopic (exact) mass is 431 g/mol. The van der Waals surface area contributed by atoms with Crippen LogP contribution in [-0.2, 0) is 0 Å². The Kier molecular flexibility index (Phi) is 5.82. The normalized spacial score (nSPS) is 14.3. The molecule has 1 amide bonds. The summed E-state index contributed by atoms with van der Waals surface area (Å²) in [5.41, 5.74) is 1.64. The van der Waals surface area contributed by atoms with E-state index in [0.29, 0.717) is 12.1 Å². The number of likely N-dealkylation sites (tertiary alicyclic amines) is 1. The van der Waals surface area contributed by atoms with Crippen LogP contribution in [0, 0.1) is 0 Å². The first-order chi connectivity index (χ1) is 15.3. The Bertz CT molecular complexity index is 1210. The molecule has 0 atom stereocenters. The Morgan fingerprint density at radius 3 is 2.94 bits per heavy atom. The molecule has 158 valence electrons. The third-order valence-corrected chi connectivity index (χ3v) is 6.69. The van der Waals surface area contributed by atoms with Crippen LogP contribution >= 0.6 is 11.3 Å². The number of aromatic nitrogens is 1. The van der Waals surface area contributed by atoms with Gasteiger partial charge in [-0.15, -0.1) is 11.3 Å². The first-order valence-electron chi connectivity index (χ1n) is 10.8. The van der Waals surface area contributed by atoms with E-state index in [2.05, 4.69) is 15.2 Å². The Labute approximate surface area is 185 Å². The largest absolute Gasteiger partial charge is 0.456 e. The maximum absolute atomic E-state index is 12.8. The van der Waals surface area contributed by atoms with Gasteiger partial charge >= 0.3 is 0 Å². The summed E-state index contributed by atoms with van der Waals surface area (Å²) in [6.07, 6.45) is 5.34. The van der Waals surface area contributed by atoms with E-state index in [-0.39, 0.29) is 5.91 Å². The number of carbonyl (C=O) groups excluding carboxylic acids is 1. The molecule has 1 saturated heterocycles. The molecule has 0 radical (unpaired) electrons. The lowest BCUT2D eigenvalue weighted by molar-refractivity contribution is 0.0953. The molecule has 0 bridgehead atoms. The number of fused-ring (bicyclic) bond motifs is 2. The summed E-state index contributed by atoms with van der Waals surface area (Å²) >= 11 is 1.62. The van der Waals surface area contributed by atoms with E-state index in [9.17, 15) is 4.79 Å². The predicted molar refractivity (Wildman–Crippen MR) is 126 cm³/mol. The molecule has 1 fully saturated rings. The quantitative estimate of drug-likeness (QED) is 0.395. The molecular formula is C25H25N3O2S. The van der Waals surface area contributed by atoms with E-state index in [1.165, 1.54) is 25.9 Å². The van der Waals surface area contributed by atoms with Gasteiger partial charge in [0.15, 0.2) is 0 Å². The molecule has 4 aromatic rings. The number of hydrogen-bond donors (Lipinski definition) is 1. The van der Waals surface area contributed by atoms with Crippen LogP contribution in [0.4, 0.5) is 0 Å². The topological polar surface area (TPSA) is 54.5 Å². The number of amides is 1. The van der Waals surface area contributed by atoms with Crippen molar-refractivity contribution < 1.29 is 9.53 Å². The van der Waals surface area contributed by atoms with Crippen molar-refractivity contribution in [1.29, 1.82) is 0 Å². The minimum atomic E-state index is -0.0184. The van der Waals surface area contributed by atoms with Gasteiger partial charge in [0, 0.05) is 24.4 Å². The van der Waals surface area contributed by atoms with Crippen LogP contribution in [-0.4, -0.2) is 42.0 Å². The molecule has 6 heteroatoms. The molecule has 1 aliphatic rings. The van der Waals surface area contributed by atoms with Crippen LogP contribution in [0.2, 0.25) is 0 Å². The summed E-state index contributed by atoms with van der Waals surface area (Å²) in [4.78, 5) is 19.6. The number of thiophene rings is 1. The highest BCUT2D eigenvalue weighted by atomic mass is 32.1. The lowest BCUT2D eigenvalue weighted by Crippen LogP contribution is -2.28. The van der Waals surface area contributed by atoms with Crippen molar-refractivity contribution >= 4 is 38.2 Å². The lowest BCUT2D eigenvalue weighted by Gasteiger charge is -2.14. The molecule has 5 nitrogen and oxygen atoms in total. The van der Waals surface area contributed by atoms with Gasteiger partial charge in [0.2, 0.25) is 0 Å². The highest BCUT2D eigenvalue weighted by Crippen LogP contribution is 2.33. The van der Waals surface area contributed by atoms with Gasteiger partial charge in [0.05, 0.1) is 10.2 Å². The Morgan fingerprint density at radius 2 is 2.03 bits per heavy atom. The fraction of sp³-hybridized carbons (Fsp3) is 0.280. The number of ether oxygens (including phenoxy) is 1. The van der Waals surface area contributed by atoms with E-state index in [1.807, 2.05) is 53.9 Å². The summed E-state index contributed by atoms with van der Waals surface area (Å²) in [7, 11) is 0. The third kappa shape index (κ3) is 4.40. The van der Waals surface area contributed by atoms with Crippen molar-refractivity contribution in [3.8, 4) is 11.5 Å². The van der Waals surface area contributed by atoms with E-state index in [1.54, 1.807) is 17.5 Å². The van der Waals surface area contributed by atoms with Crippen molar-refractivity contribution in [2.45, 2.75) is 19.3 Å². The molecule has 1 aliphatic heterocycles. The molecule has 2 aromatic carbocycles. The molecule has 5 rings (SSSR count). The average Bonchev–Trinajstić information content (AvgIpc) is 3.48. The van der Waals surface area contributed by atoms with E-state index in [0.717, 1.165) is 45.5 Å². The van der Waals surface area contributed by atoms with Crippen molar-refractivity contribution in [2.24, 2.45) is 0 Å². The van der Waals surface area contributed by atoms with Gasteiger partial charge in [-0.2, -0.15) is 0 Å². The zero-order valence-corrected chi connectivity index (χ0v) is 18.2. The maximum Gasteiger partial charge on any atom is 0.251 e. The van der Waals surface area contributed by atoms with E-state index < -0.39 is 0 Å². The smallest absolute Gasteiger partial charge is 0.251 e. The van der Waals surface area contributed by atoms with Gasteiger partial charge in [-0.3, -0.25) is 9.78 Å². The number of benzene rings is 2. The predicted octanol–water partition coefficient (Wildman–Crippen LogP) is 5.46. The summed E-state index contributed by atoms with van der Waals surface area (Å²) in [5.74, 6) is 1.53. The SMILES string of the molecule is O=C(NCCCN1CCCC1)c1cccc2cc(Oc3ccnc4ccsc34)ccc12. The van der Waals surface area contributed by atoms with E-state index in [4.69, 9.17) is 4.74 Å². The zero-order chi connectivity index (χ0) is 21.0. The van der Waals surface area contributed by atoms with Gasteiger partial charge in [-0.05, 0) is 85.4 Å². The molecule has 0 aliphatic carbocycles. The second-order valence-corrected chi connectivity index (χ2v) is 8.81. The van der Waals surface area contributed by atoms with Gasteiger partial charge < -0.3 is 15.0 Å². The maximum atomic E-state index is 12.8. The van der Waals surface area contributed by atoms with Crippen molar-refractivity contribution in [2.75, 3.05) is 26.2 Å². The van der Waals surface area contributed by atoms with Crippen molar-refractivity contribution in [3.63, 3.8) is 0 Å². The lowest BCUT2D eigenvalue weighted by atomic mass is 10.0. The summed E-state index contributed by atoms with van der Waals surface area (Å²) in [5, 5.41) is 7.02. The molecule has 0 unspecified atom stereocenters. The van der Waals surface area contributed by atoms with Crippen LogP contribution in [0.25, 0.3) is 21.0 Å². The fourth-order valence-electron chi connectivity index (χ4n) is 4.19. The van der Waals surface area contributed by atoms with Gasteiger partial charge in [-0.25, -0.2) is 0 Å². The highest BCUT2D eigenvalue weighted by Gasteiger charge is 2.13. The summed E-state index contributed by atoms with van der Waals surface area (Å²) in [6.45, 7) is 4.15. The van der Waals surface area contributed by atoms with Crippen molar-refractivity contribution in [1.82, 2.24) is 15.2 Å². The number of nitrogens with zero attached hydrogens (tertiary/aromatic N) is 2. The molecule has 3 heterocycles. The number of hydrogen-bond acceptors (Lipinski definition) is 5. The highest BCUT2D eigenvalue weighted by molar-refractivity contribution is 7.17. The van der Waals surface area contributed by atoms with Crippen LogP contribution in [0.15, 0.2) is 60.1 Å². The Balaban J connectivity index is 1.29. The van der Waals surface area contributed by atoms with Crippen LogP contribution in [0.1, 0.15) is 29.6 Å². The second-order valence-electron chi connectivity index (χ2n) is 7.89. The van der Waals surface area contributed by atoms with Gasteiger partial charge in [-0.1, -0.05) is 12.1 Å². The molecular weight excluding hydrogens is 406 g/mol. The third-order valence-electron chi connectivity index (χ3n) is 5.77. The first-order valence-corrected chi connectivity index (χ1v) is 11.7. The molecule has 1 N–H and O–H groups in total. The summed E-state index contributed by atoms with van der Waals surface area (Å²) < 4.78 is 7.18. The van der Waals surface area contributed by atoms with Crippen LogP contribution in [0.5, 0.6) is 11.5 Å². The second kappa shape index (κ2) is 9.04. The first kappa shape index (κ1) is 20.0. The molecule has 2 aromatic heterocycles. The van der Waals surface area contributed by atoms with Gasteiger partial charge in [0.1, 0.15) is 11.5 Å². The minimum absolute atomic E-state index is 0.0184. The summed E-state index contributed by atoms with van der Waals surface area (Å²) in [6, 6.07) is 15.6. The van der Waals surface area contributed by atoms with Crippen LogP contribution in [0.3, 0.4) is 0 Å². The molecule has 31 heavy (non-hydrogen) atoms. The zero-order valence-electron chi connectivity index (χ0n) is 17.3. The number of carbonyl (C=O) groups is 1. The van der Waals surface area contributed by atoms with Crippen LogP contribution < -0.4 is 10.1 Å². The Morgan fingerprint density at radius 1 is 1.13 bits per heavy atom. The van der Waals surface area contributed by atoms with E-state index >= 15 is 0 Å². The fourth-order valence-corrected chi connectivity index (χ4v) is 4.99. The number of rotatable bonds is 7. The number of nitrogens with one attached hydrogen (secondary N) is 1. The Hall–Kier alpha value is -2.96. The standard InChI is InChI=1S/C25H25N3O2S/c29-25(27-11-4-15-28-13-1-2-14-28)21-6-3-5-18-17-19(7-8-20(18)21)30-23-9-12-26-22-10-16-31-24(22)23/h3,5-10,12,16-17H,1-2,4,11,13-15H2,(H,27,29). The average molecular weight is 432 g/mol. The molecule has 0 spiro atoms. The van der Waals surface area contributed by atoms with Crippen molar-refractivity contribution in [3.05, 3.63) is 65.7 Å². The number of pyridine rings is 1.